The van der Waals surface area contributed by atoms with E-state index in [0.29, 0.717) is 10.7 Å². The summed E-state index contributed by atoms with van der Waals surface area (Å²) in [6, 6.07) is 17.0. The molecule has 0 spiro atoms. The van der Waals surface area contributed by atoms with E-state index in [1.807, 2.05) is 35.7 Å². The fourth-order valence-corrected chi connectivity index (χ4v) is 2.70. The lowest BCUT2D eigenvalue weighted by Crippen LogP contribution is -2.11. The van der Waals surface area contributed by atoms with Gasteiger partial charge in [0.15, 0.2) is 5.01 Å². The second kappa shape index (κ2) is 6.41. The Bertz CT molecular complexity index is 767. The van der Waals surface area contributed by atoms with Crippen LogP contribution >= 0.6 is 11.3 Å². The number of benzene rings is 2. The normalized spacial score (nSPS) is 10.2. The van der Waals surface area contributed by atoms with Gasteiger partial charge in [-0.2, -0.15) is 0 Å². The summed E-state index contributed by atoms with van der Waals surface area (Å²) in [4.78, 5) is 16.6. The van der Waals surface area contributed by atoms with Crippen molar-refractivity contribution in [1.82, 2.24) is 4.98 Å². The molecule has 3 aromatic rings. The first-order valence-corrected chi connectivity index (χ1v) is 7.60. The van der Waals surface area contributed by atoms with E-state index in [1.165, 1.54) is 11.3 Å². The first kappa shape index (κ1) is 14.3. The van der Waals surface area contributed by atoms with Crippen LogP contribution in [0, 0.1) is 0 Å². The fraction of sp³-hybridized carbons (Fsp3) is 0.0588. The Balaban J connectivity index is 1.74. The lowest BCUT2D eigenvalue weighted by Gasteiger charge is -2.04. The van der Waals surface area contributed by atoms with E-state index in [2.05, 4.69) is 10.3 Å². The van der Waals surface area contributed by atoms with E-state index in [0.717, 1.165) is 17.0 Å². The van der Waals surface area contributed by atoms with Crippen LogP contribution in [0.15, 0.2) is 60.0 Å². The molecule has 0 fully saturated rings. The zero-order valence-electron chi connectivity index (χ0n) is 11.9. The van der Waals surface area contributed by atoms with Crippen LogP contribution < -0.4 is 10.1 Å². The number of rotatable bonds is 4. The van der Waals surface area contributed by atoms with Gasteiger partial charge >= 0.3 is 0 Å². The highest BCUT2D eigenvalue weighted by Gasteiger charge is 2.12. The molecule has 0 aliphatic rings. The number of carbonyl (C=O) groups is 1. The Morgan fingerprint density at radius 2 is 1.82 bits per heavy atom. The SMILES string of the molecule is COc1ccc(NC(=O)c2nc(-c3ccccc3)cs2)cc1. The number of ether oxygens (including phenoxy) is 1. The number of methoxy groups -OCH3 is 1. The Kier molecular flexibility index (Phi) is 4.16. The van der Waals surface area contributed by atoms with Gasteiger partial charge in [-0.25, -0.2) is 4.98 Å². The number of nitrogens with zero attached hydrogens (tertiary/aromatic N) is 1. The maximum absolute atomic E-state index is 12.2. The molecule has 110 valence electrons. The van der Waals surface area contributed by atoms with Crippen LogP contribution in [-0.4, -0.2) is 18.0 Å². The Labute approximate surface area is 132 Å². The van der Waals surface area contributed by atoms with Gasteiger partial charge in [0.25, 0.3) is 5.91 Å². The second-order valence-electron chi connectivity index (χ2n) is 4.59. The number of nitrogens with one attached hydrogen (secondary N) is 1. The van der Waals surface area contributed by atoms with E-state index in [-0.39, 0.29) is 5.91 Å². The van der Waals surface area contributed by atoms with Crippen LogP contribution in [0.1, 0.15) is 9.80 Å². The average Bonchev–Trinajstić information content (AvgIpc) is 3.06. The van der Waals surface area contributed by atoms with Gasteiger partial charge in [0.2, 0.25) is 0 Å². The summed E-state index contributed by atoms with van der Waals surface area (Å²) < 4.78 is 5.09. The second-order valence-corrected chi connectivity index (χ2v) is 5.44. The van der Waals surface area contributed by atoms with Gasteiger partial charge in [0.05, 0.1) is 12.8 Å². The van der Waals surface area contributed by atoms with Crippen molar-refractivity contribution in [3.05, 3.63) is 65.0 Å². The van der Waals surface area contributed by atoms with Crippen LogP contribution in [-0.2, 0) is 0 Å². The molecule has 5 heteroatoms. The summed E-state index contributed by atoms with van der Waals surface area (Å²) in [6.07, 6.45) is 0. The number of amides is 1. The van der Waals surface area contributed by atoms with E-state index >= 15 is 0 Å². The topological polar surface area (TPSA) is 51.2 Å². The lowest BCUT2D eigenvalue weighted by molar-refractivity contribution is 0.102. The number of aromatic nitrogens is 1. The summed E-state index contributed by atoms with van der Waals surface area (Å²) in [5, 5.41) is 5.15. The highest BCUT2D eigenvalue weighted by atomic mass is 32.1. The third-order valence-electron chi connectivity index (χ3n) is 3.12. The van der Waals surface area contributed by atoms with Crippen molar-refractivity contribution >= 4 is 22.9 Å². The minimum Gasteiger partial charge on any atom is -0.497 e. The Morgan fingerprint density at radius 3 is 2.50 bits per heavy atom. The van der Waals surface area contributed by atoms with Gasteiger partial charge in [-0.05, 0) is 24.3 Å². The predicted octanol–water partition coefficient (Wildman–Crippen LogP) is 4.07. The van der Waals surface area contributed by atoms with Gasteiger partial charge < -0.3 is 10.1 Å². The molecule has 0 radical (unpaired) electrons. The van der Waals surface area contributed by atoms with E-state index in [9.17, 15) is 4.79 Å². The molecule has 2 aromatic carbocycles. The molecular formula is C17H14N2O2S. The van der Waals surface area contributed by atoms with Crippen molar-refractivity contribution in [2.24, 2.45) is 0 Å². The van der Waals surface area contributed by atoms with Crippen molar-refractivity contribution < 1.29 is 9.53 Å². The van der Waals surface area contributed by atoms with Crippen LogP contribution in [0.2, 0.25) is 0 Å². The Hall–Kier alpha value is -2.66. The quantitative estimate of drug-likeness (QED) is 0.790. The monoisotopic (exact) mass is 310 g/mol. The highest BCUT2D eigenvalue weighted by Crippen LogP contribution is 2.22. The van der Waals surface area contributed by atoms with Gasteiger partial charge in [-0.1, -0.05) is 30.3 Å². The molecule has 1 N–H and O–H groups in total. The first-order valence-electron chi connectivity index (χ1n) is 6.72. The molecule has 4 nitrogen and oxygen atoms in total. The summed E-state index contributed by atoms with van der Waals surface area (Å²) in [6.45, 7) is 0. The van der Waals surface area contributed by atoms with Crippen LogP contribution in [0.25, 0.3) is 11.3 Å². The molecule has 0 saturated carbocycles. The number of hydrogen-bond donors (Lipinski definition) is 1. The molecule has 0 aliphatic carbocycles. The fourth-order valence-electron chi connectivity index (χ4n) is 1.98. The smallest absolute Gasteiger partial charge is 0.284 e. The van der Waals surface area contributed by atoms with E-state index < -0.39 is 0 Å². The minimum absolute atomic E-state index is 0.211. The Morgan fingerprint density at radius 1 is 1.09 bits per heavy atom. The van der Waals surface area contributed by atoms with Crippen molar-refractivity contribution in [3.63, 3.8) is 0 Å². The van der Waals surface area contributed by atoms with E-state index in [1.54, 1.807) is 31.4 Å². The first-order chi connectivity index (χ1) is 10.8. The molecule has 0 bridgehead atoms. The number of hydrogen-bond acceptors (Lipinski definition) is 4. The molecule has 0 saturated heterocycles. The van der Waals surface area contributed by atoms with Gasteiger partial charge in [0.1, 0.15) is 5.75 Å². The molecule has 0 aliphatic heterocycles. The number of carbonyl (C=O) groups excluding carboxylic acids is 1. The molecule has 1 amide bonds. The maximum atomic E-state index is 12.2. The van der Waals surface area contributed by atoms with Crippen molar-refractivity contribution in [1.29, 1.82) is 0 Å². The summed E-state index contributed by atoms with van der Waals surface area (Å²) in [7, 11) is 1.61. The van der Waals surface area contributed by atoms with Gasteiger partial charge in [-0.15, -0.1) is 11.3 Å². The molecule has 0 atom stereocenters. The van der Waals surface area contributed by atoms with Crippen LogP contribution in [0.3, 0.4) is 0 Å². The van der Waals surface area contributed by atoms with Crippen molar-refractivity contribution in [2.45, 2.75) is 0 Å². The van der Waals surface area contributed by atoms with Gasteiger partial charge in [0, 0.05) is 16.6 Å². The standard InChI is InChI=1S/C17H14N2O2S/c1-21-14-9-7-13(8-10-14)18-16(20)17-19-15(11-22-17)12-5-3-2-4-6-12/h2-11H,1H3,(H,18,20). The van der Waals surface area contributed by atoms with Crippen LogP contribution in [0.5, 0.6) is 5.75 Å². The number of thiazole rings is 1. The molecule has 0 unspecified atom stereocenters. The predicted molar refractivity (Wildman–Crippen MR) is 88.5 cm³/mol. The molecule has 3 rings (SSSR count). The molecule has 22 heavy (non-hydrogen) atoms. The third-order valence-corrected chi connectivity index (χ3v) is 3.96. The summed E-state index contributed by atoms with van der Waals surface area (Å²) in [5.41, 5.74) is 2.52. The van der Waals surface area contributed by atoms with Crippen LogP contribution in [0.4, 0.5) is 5.69 Å². The minimum atomic E-state index is -0.211. The molecule has 1 heterocycles. The largest absolute Gasteiger partial charge is 0.497 e. The maximum Gasteiger partial charge on any atom is 0.284 e. The zero-order valence-corrected chi connectivity index (χ0v) is 12.8. The molecule has 1 aromatic heterocycles. The van der Waals surface area contributed by atoms with Crippen molar-refractivity contribution in [3.8, 4) is 17.0 Å². The summed E-state index contributed by atoms with van der Waals surface area (Å²) >= 11 is 1.33. The third kappa shape index (κ3) is 3.15. The summed E-state index contributed by atoms with van der Waals surface area (Å²) in [5.74, 6) is 0.538. The highest BCUT2D eigenvalue weighted by molar-refractivity contribution is 7.12. The van der Waals surface area contributed by atoms with E-state index in [4.69, 9.17) is 4.74 Å². The molecular weight excluding hydrogens is 296 g/mol. The number of anilines is 1. The zero-order chi connectivity index (χ0) is 15.4. The lowest BCUT2D eigenvalue weighted by atomic mass is 10.2. The average molecular weight is 310 g/mol. The van der Waals surface area contributed by atoms with Crippen molar-refractivity contribution in [2.75, 3.05) is 12.4 Å². The van der Waals surface area contributed by atoms with Gasteiger partial charge in [-0.3, -0.25) is 4.79 Å².